The molecule has 152 valence electrons. The maximum absolute atomic E-state index is 6.04. The first kappa shape index (κ1) is 22.5. The average molecular weight is 495 g/mol. The van der Waals surface area contributed by atoms with Crippen molar-refractivity contribution in [3.05, 3.63) is 54.6 Å². The lowest BCUT2D eigenvalue weighted by molar-refractivity contribution is 0.181. The Balaban J connectivity index is 0.00000280. The second-order valence-corrected chi connectivity index (χ2v) is 6.79. The first-order chi connectivity index (χ1) is 13.3. The lowest BCUT2D eigenvalue weighted by Gasteiger charge is -2.24. The molecule has 5 nitrogen and oxygen atoms in total. The number of halogens is 1. The van der Waals surface area contributed by atoms with Crippen molar-refractivity contribution < 1.29 is 9.47 Å². The van der Waals surface area contributed by atoms with E-state index in [1.807, 2.05) is 43.4 Å². The third-order valence-electron chi connectivity index (χ3n) is 4.74. The standard InChI is InChI=1S/C22H29N3O2.HI/c1-23-22(25(2)16-18-12-14-26-17-18)24-13-15-27-21-11-7-6-10-20(21)19-8-4-3-5-9-19;/h3-11,18H,12-17H2,1-2H3,(H,23,24);1H. The van der Waals surface area contributed by atoms with E-state index in [0.717, 1.165) is 49.0 Å². The molecule has 0 aromatic heterocycles. The number of nitrogens with zero attached hydrogens (tertiary/aromatic N) is 2. The van der Waals surface area contributed by atoms with E-state index in [9.17, 15) is 0 Å². The zero-order valence-corrected chi connectivity index (χ0v) is 19.0. The molecule has 0 aliphatic carbocycles. The molecule has 0 radical (unpaired) electrons. The molecule has 1 atom stereocenters. The van der Waals surface area contributed by atoms with Crippen molar-refractivity contribution in [1.82, 2.24) is 10.2 Å². The Morgan fingerprint density at radius 3 is 2.64 bits per heavy atom. The van der Waals surface area contributed by atoms with Crippen LogP contribution in [0.2, 0.25) is 0 Å². The van der Waals surface area contributed by atoms with Crippen LogP contribution < -0.4 is 10.1 Å². The summed E-state index contributed by atoms with van der Waals surface area (Å²) in [5, 5.41) is 3.38. The van der Waals surface area contributed by atoms with Gasteiger partial charge in [0, 0.05) is 38.7 Å². The molecule has 0 saturated carbocycles. The highest BCUT2D eigenvalue weighted by Gasteiger charge is 2.18. The summed E-state index contributed by atoms with van der Waals surface area (Å²) in [5.41, 5.74) is 2.27. The van der Waals surface area contributed by atoms with Crippen LogP contribution in [0.4, 0.5) is 0 Å². The number of para-hydroxylation sites is 1. The van der Waals surface area contributed by atoms with E-state index in [1.54, 1.807) is 0 Å². The van der Waals surface area contributed by atoms with Gasteiger partial charge < -0.3 is 19.7 Å². The Morgan fingerprint density at radius 1 is 1.18 bits per heavy atom. The van der Waals surface area contributed by atoms with Crippen LogP contribution in [0.15, 0.2) is 59.6 Å². The van der Waals surface area contributed by atoms with Gasteiger partial charge in [0.25, 0.3) is 0 Å². The van der Waals surface area contributed by atoms with E-state index in [1.165, 1.54) is 0 Å². The summed E-state index contributed by atoms with van der Waals surface area (Å²) in [6.45, 7) is 3.95. The minimum absolute atomic E-state index is 0. The molecular weight excluding hydrogens is 465 g/mol. The number of aliphatic imine (C=N–C) groups is 1. The van der Waals surface area contributed by atoms with E-state index in [4.69, 9.17) is 9.47 Å². The van der Waals surface area contributed by atoms with Gasteiger partial charge in [0.2, 0.25) is 0 Å². The number of hydrogen-bond acceptors (Lipinski definition) is 3. The number of guanidine groups is 1. The van der Waals surface area contributed by atoms with Gasteiger partial charge in [-0.15, -0.1) is 24.0 Å². The van der Waals surface area contributed by atoms with Crippen LogP contribution in [0.1, 0.15) is 6.42 Å². The summed E-state index contributed by atoms with van der Waals surface area (Å²) in [7, 11) is 3.88. The Labute approximate surface area is 185 Å². The molecule has 1 aliphatic heterocycles. The smallest absolute Gasteiger partial charge is 0.193 e. The van der Waals surface area contributed by atoms with Crippen molar-refractivity contribution >= 4 is 29.9 Å². The van der Waals surface area contributed by atoms with E-state index >= 15 is 0 Å². The van der Waals surface area contributed by atoms with Crippen molar-refractivity contribution in [1.29, 1.82) is 0 Å². The van der Waals surface area contributed by atoms with E-state index in [2.05, 4.69) is 40.5 Å². The fourth-order valence-corrected chi connectivity index (χ4v) is 3.36. The van der Waals surface area contributed by atoms with Crippen LogP contribution in [-0.4, -0.2) is 57.9 Å². The van der Waals surface area contributed by atoms with Gasteiger partial charge in [-0.3, -0.25) is 4.99 Å². The molecule has 1 fully saturated rings. The average Bonchev–Trinajstić information content (AvgIpc) is 3.22. The van der Waals surface area contributed by atoms with Gasteiger partial charge in [-0.2, -0.15) is 0 Å². The number of hydrogen-bond donors (Lipinski definition) is 1. The summed E-state index contributed by atoms with van der Waals surface area (Å²) in [6, 6.07) is 18.5. The molecule has 6 heteroatoms. The highest BCUT2D eigenvalue weighted by atomic mass is 127. The lowest BCUT2D eigenvalue weighted by Crippen LogP contribution is -2.42. The van der Waals surface area contributed by atoms with Gasteiger partial charge in [-0.25, -0.2) is 0 Å². The van der Waals surface area contributed by atoms with Crippen LogP contribution in [0.5, 0.6) is 5.75 Å². The Bertz CT molecular complexity index is 734. The van der Waals surface area contributed by atoms with Gasteiger partial charge >= 0.3 is 0 Å². The number of nitrogens with one attached hydrogen (secondary N) is 1. The molecule has 1 saturated heterocycles. The van der Waals surface area contributed by atoms with Crippen LogP contribution in [0.25, 0.3) is 11.1 Å². The minimum atomic E-state index is 0. The second-order valence-electron chi connectivity index (χ2n) is 6.79. The van der Waals surface area contributed by atoms with Crippen molar-refractivity contribution in [2.24, 2.45) is 10.9 Å². The van der Waals surface area contributed by atoms with E-state index in [-0.39, 0.29) is 24.0 Å². The fraction of sp³-hybridized carbons (Fsp3) is 0.409. The third kappa shape index (κ3) is 6.38. The Kier molecular flexibility index (Phi) is 9.57. The molecule has 0 bridgehead atoms. The summed E-state index contributed by atoms with van der Waals surface area (Å²) in [5.74, 6) is 2.38. The molecule has 0 spiro atoms. The SMILES string of the molecule is CN=C(NCCOc1ccccc1-c1ccccc1)N(C)CC1CCOC1.I. The van der Waals surface area contributed by atoms with Crippen molar-refractivity contribution in [3.63, 3.8) is 0 Å². The number of benzene rings is 2. The van der Waals surface area contributed by atoms with Crippen molar-refractivity contribution in [3.8, 4) is 16.9 Å². The first-order valence-corrected chi connectivity index (χ1v) is 9.54. The summed E-state index contributed by atoms with van der Waals surface area (Å²) in [6.07, 6.45) is 1.13. The van der Waals surface area contributed by atoms with Crippen molar-refractivity contribution in [2.75, 3.05) is 47.0 Å². The highest BCUT2D eigenvalue weighted by molar-refractivity contribution is 14.0. The topological polar surface area (TPSA) is 46.1 Å². The summed E-state index contributed by atoms with van der Waals surface area (Å²) in [4.78, 5) is 6.54. The molecule has 2 aromatic carbocycles. The normalized spacial score (nSPS) is 16.4. The maximum Gasteiger partial charge on any atom is 0.193 e. The zero-order chi connectivity index (χ0) is 18.9. The second kappa shape index (κ2) is 11.9. The Hall–Kier alpha value is -1.80. The van der Waals surface area contributed by atoms with Crippen LogP contribution in [-0.2, 0) is 4.74 Å². The van der Waals surface area contributed by atoms with Crippen LogP contribution >= 0.6 is 24.0 Å². The van der Waals surface area contributed by atoms with E-state index < -0.39 is 0 Å². The summed E-state index contributed by atoms with van der Waals surface area (Å²) < 4.78 is 11.5. The maximum atomic E-state index is 6.04. The minimum Gasteiger partial charge on any atom is -0.491 e. The molecule has 1 N–H and O–H groups in total. The fourth-order valence-electron chi connectivity index (χ4n) is 3.36. The molecule has 28 heavy (non-hydrogen) atoms. The predicted octanol–water partition coefficient (Wildman–Crippen LogP) is 3.89. The number of ether oxygens (including phenoxy) is 2. The van der Waals surface area contributed by atoms with Crippen LogP contribution in [0.3, 0.4) is 0 Å². The van der Waals surface area contributed by atoms with Gasteiger partial charge in [-0.05, 0) is 18.1 Å². The summed E-state index contributed by atoms with van der Waals surface area (Å²) >= 11 is 0. The molecule has 1 unspecified atom stereocenters. The highest BCUT2D eigenvalue weighted by Crippen LogP contribution is 2.29. The van der Waals surface area contributed by atoms with Crippen molar-refractivity contribution in [2.45, 2.75) is 6.42 Å². The molecule has 3 rings (SSSR count). The van der Waals surface area contributed by atoms with Gasteiger partial charge in [0.15, 0.2) is 5.96 Å². The molecule has 2 aromatic rings. The number of rotatable bonds is 7. The Morgan fingerprint density at radius 2 is 1.93 bits per heavy atom. The monoisotopic (exact) mass is 495 g/mol. The van der Waals surface area contributed by atoms with Gasteiger partial charge in [-0.1, -0.05) is 48.5 Å². The molecule has 1 aliphatic rings. The zero-order valence-electron chi connectivity index (χ0n) is 16.6. The largest absolute Gasteiger partial charge is 0.491 e. The molecule has 0 amide bonds. The van der Waals surface area contributed by atoms with Gasteiger partial charge in [0.1, 0.15) is 12.4 Å². The quantitative estimate of drug-likeness (QED) is 0.274. The first-order valence-electron chi connectivity index (χ1n) is 9.54. The lowest BCUT2D eigenvalue weighted by atomic mass is 10.1. The third-order valence-corrected chi connectivity index (χ3v) is 4.74. The molecular formula is C22H30IN3O2. The van der Waals surface area contributed by atoms with Crippen LogP contribution in [0, 0.1) is 5.92 Å². The van der Waals surface area contributed by atoms with Gasteiger partial charge in [0.05, 0.1) is 13.2 Å². The molecule has 1 heterocycles. The van der Waals surface area contributed by atoms with E-state index in [0.29, 0.717) is 19.1 Å². The predicted molar refractivity (Wildman–Crippen MR) is 126 cm³/mol.